The number of aromatic nitrogens is 1. The predicted molar refractivity (Wildman–Crippen MR) is 108 cm³/mol. The van der Waals surface area contributed by atoms with Gasteiger partial charge in [-0.2, -0.15) is 0 Å². The Hall–Kier alpha value is -2.40. The molecule has 2 amide bonds. The number of nitrogens with zero attached hydrogens (tertiary/aromatic N) is 3. The van der Waals surface area contributed by atoms with Crippen molar-refractivity contribution in [1.82, 2.24) is 14.8 Å². The topological polar surface area (TPSA) is 48.5 Å². The van der Waals surface area contributed by atoms with E-state index in [2.05, 4.69) is 27.3 Å². The van der Waals surface area contributed by atoms with E-state index >= 15 is 0 Å². The largest absolute Gasteiger partial charge is 0.323 e. The molecule has 0 saturated carbocycles. The van der Waals surface area contributed by atoms with Crippen molar-refractivity contribution in [2.24, 2.45) is 0 Å². The van der Waals surface area contributed by atoms with Crippen molar-refractivity contribution in [2.45, 2.75) is 38.1 Å². The van der Waals surface area contributed by atoms with E-state index in [-0.39, 0.29) is 6.03 Å². The number of carbonyl (C=O) groups excluding carboxylic acids is 1. The maximum absolute atomic E-state index is 12.7. The van der Waals surface area contributed by atoms with Crippen LogP contribution in [0.1, 0.15) is 36.8 Å². The molecule has 2 aromatic rings. The molecule has 0 aliphatic carbocycles. The second-order valence-corrected chi connectivity index (χ2v) is 7.64. The van der Waals surface area contributed by atoms with Gasteiger partial charge in [0.2, 0.25) is 0 Å². The molecule has 0 bridgehead atoms. The van der Waals surface area contributed by atoms with Gasteiger partial charge in [-0.05, 0) is 80.6 Å². The Kier molecular flexibility index (Phi) is 5.68. The van der Waals surface area contributed by atoms with E-state index in [1.165, 1.54) is 43.5 Å². The molecule has 1 aromatic heterocycles. The molecular formula is C22H28N4O. The van der Waals surface area contributed by atoms with E-state index in [9.17, 15) is 4.79 Å². The molecule has 2 saturated heterocycles. The second-order valence-electron chi connectivity index (χ2n) is 7.64. The molecule has 0 unspecified atom stereocenters. The molecule has 2 fully saturated rings. The van der Waals surface area contributed by atoms with Crippen molar-refractivity contribution < 1.29 is 4.79 Å². The molecule has 1 aromatic carbocycles. The van der Waals surface area contributed by atoms with Crippen LogP contribution in [0, 0.1) is 0 Å². The van der Waals surface area contributed by atoms with Crippen LogP contribution in [0.2, 0.25) is 0 Å². The monoisotopic (exact) mass is 364 g/mol. The highest BCUT2D eigenvalue weighted by Gasteiger charge is 2.29. The average Bonchev–Trinajstić information content (AvgIpc) is 3.25. The summed E-state index contributed by atoms with van der Waals surface area (Å²) in [5, 5.41) is 3.07. The van der Waals surface area contributed by atoms with Gasteiger partial charge in [-0.15, -0.1) is 0 Å². The molecule has 0 spiro atoms. The number of urea groups is 1. The first kappa shape index (κ1) is 18.0. The fourth-order valence-corrected chi connectivity index (χ4v) is 4.19. The van der Waals surface area contributed by atoms with Crippen LogP contribution < -0.4 is 5.32 Å². The van der Waals surface area contributed by atoms with Crippen LogP contribution in [0.3, 0.4) is 0 Å². The minimum atomic E-state index is 0.0285. The third-order valence-electron chi connectivity index (χ3n) is 5.70. The number of hydrogen-bond donors (Lipinski definition) is 1. The van der Waals surface area contributed by atoms with Crippen LogP contribution in [0.25, 0.3) is 0 Å². The third-order valence-corrected chi connectivity index (χ3v) is 5.70. The van der Waals surface area contributed by atoms with Crippen molar-refractivity contribution >= 4 is 11.7 Å². The highest BCUT2D eigenvalue weighted by atomic mass is 16.2. The molecule has 1 atom stereocenters. The standard InChI is InChI=1S/C22H28N4O/c27-22(26-15-3-4-21(17-26)25-13-1-2-14-25)24-20-7-5-18(6-8-20)16-19-9-11-23-12-10-19/h5-12,21H,1-4,13-17H2,(H,24,27)/t21-/m1/s1. The molecule has 4 rings (SSSR count). The summed E-state index contributed by atoms with van der Waals surface area (Å²) in [6.45, 7) is 4.10. The number of anilines is 1. The zero-order valence-electron chi connectivity index (χ0n) is 15.8. The molecule has 142 valence electrons. The van der Waals surface area contributed by atoms with Crippen molar-refractivity contribution in [1.29, 1.82) is 0 Å². The van der Waals surface area contributed by atoms with E-state index in [1.54, 1.807) is 0 Å². The van der Waals surface area contributed by atoms with Crippen LogP contribution in [0.4, 0.5) is 10.5 Å². The lowest BCUT2D eigenvalue weighted by molar-refractivity contribution is 0.132. The first-order valence-corrected chi connectivity index (χ1v) is 10.1. The Morgan fingerprint density at radius 1 is 0.963 bits per heavy atom. The average molecular weight is 364 g/mol. The number of likely N-dealkylation sites (tertiary alicyclic amines) is 2. The summed E-state index contributed by atoms with van der Waals surface area (Å²) >= 11 is 0. The minimum Gasteiger partial charge on any atom is -0.323 e. The number of carbonyl (C=O) groups is 1. The molecule has 5 nitrogen and oxygen atoms in total. The smallest absolute Gasteiger partial charge is 0.321 e. The van der Waals surface area contributed by atoms with Crippen molar-refractivity contribution in [3.05, 3.63) is 59.9 Å². The summed E-state index contributed by atoms with van der Waals surface area (Å²) in [5.74, 6) is 0. The molecule has 5 heteroatoms. The van der Waals surface area contributed by atoms with Gasteiger partial charge in [0.1, 0.15) is 0 Å². The van der Waals surface area contributed by atoms with Crippen molar-refractivity contribution in [3.63, 3.8) is 0 Å². The maximum Gasteiger partial charge on any atom is 0.321 e. The van der Waals surface area contributed by atoms with Gasteiger partial charge in [0, 0.05) is 37.2 Å². The Bertz CT molecular complexity index is 741. The maximum atomic E-state index is 12.7. The van der Waals surface area contributed by atoms with Gasteiger partial charge in [0.25, 0.3) is 0 Å². The summed E-state index contributed by atoms with van der Waals surface area (Å²) in [6, 6.07) is 12.8. The number of amides is 2. The summed E-state index contributed by atoms with van der Waals surface area (Å²) in [5.41, 5.74) is 3.33. The number of hydrogen-bond acceptors (Lipinski definition) is 3. The number of benzene rings is 1. The van der Waals surface area contributed by atoms with E-state index in [1.807, 2.05) is 41.6 Å². The zero-order chi connectivity index (χ0) is 18.5. The van der Waals surface area contributed by atoms with Crippen LogP contribution in [-0.4, -0.2) is 53.0 Å². The lowest BCUT2D eigenvalue weighted by Gasteiger charge is -2.37. The van der Waals surface area contributed by atoms with Gasteiger partial charge in [-0.1, -0.05) is 12.1 Å². The molecule has 3 heterocycles. The van der Waals surface area contributed by atoms with E-state index < -0.39 is 0 Å². The molecule has 0 radical (unpaired) electrons. The number of rotatable bonds is 4. The molecule has 2 aliphatic rings. The molecule has 27 heavy (non-hydrogen) atoms. The van der Waals surface area contributed by atoms with Crippen LogP contribution in [0.5, 0.6) is 0 Å². The Balaban J connectivity index is 1.32. The van der Waals surface area contributed by atoms with E-state index in [4.69, 9.17) is 0 Å². The van der Waals surface area contributed by atoms with Gasteiger partial charge < -0.3 is 10.2 Å². The highest BCUT2D eigenvalue weighted by molar-refractivity contribution is 5.89. The Labute approximate surface area is 161 Å². The molecule has 2 aliphatic heterocycles. The second kappa shape index (κ2) is 8.53. The third kappa shape index (κ3) is 4.66. The quantitative estimate of drug-likeness (QED) is 0.898. The Morgan fingerprint density at radius 2 is 1.67 bits per heavy atom. The molecular weight excluding hydrogens is 336 g/mol. The summed E-state index contributed by atoms with van der Waals surface area (Å²) in [6.07, 6.45) is 9.42. The zero-order valence-corrected chi connectivity index (χ0v) is 15.8. The number of piperidine rings is 1. The van der Waals surface area contributed by atoms with Crippen molar-refractivity contribution in [2.75, 3.05) is 31.5 Å². The SMILES string of the molecule is O=C(Nc1ccc(Cc2ccncc2)cc1)N1CCC[C@@H](N2CCCC2)C1. The van der Waals surface area contributed by atoms with Crippen LogP contribution in [-0.2, 0) is 6.42 Å². The normalized spacial score (nSPS) is 20.6. The van der Waals surface area contributed by atoms with Crippen molar-refractivity contribution in [3.8, 4) is 0 Å². The predicted octanol–water partition coefficient (Wildman–Crippen LogP) is 3.76. The first-order chi connectivity index (χ1) is 13.3. The van der Waals surface area contributed by atoms with Gasteiger partial charge >= 0.3 is 6.03 Å². The molecule has 1 N–H and O–H groups in total. The Morgan fingerprint density at radius 3 is 2.41 bits per heavy atom. The lowest BCUT2D eigenvalue weighted by atomic mass is 10.0. The van der Waals surface area contributed by atoms with E-state index in [0.29, 0.717) is 6.04 Å². The fourth-order valence-electron chi connectivity index (χ4n) is 4.19. The first-order valence-electron chi connectivity index (χ1n) is 10.1. The number of pyridine rings is 1. The summed E-state index contributed by atoms with van der Waals surface area (Å²) in [7, 11) is 0. The van der Waals surface area contributed by atoms with E-state index in [0.717, 1.165) is 31.6 Å². The summed E-state index contributed by atoms with van der Waals surface area (Å²) < 4.78 is 0. The van der Waals surface area contributed by atoms with Gasteiger partial charge in [-0.3, -0.25) is 9.88 Å². The minimum absolute atomic E-state index is 0.0285. The van der Waals surface area contributed by atoms with Crippen LogP contribution >= 0.6 is 0 Å². The highest BCUT2D eigenvalue weighted by Crippen LogP contribution is 2.21. The van der Waals surface area contributed by atoms with Gasteiger partial charge in [-0.25, -0.2) is 4.79 Å². The summed E-state index contributed by atoms with van der Waals surface area (Å²) in [4.78, 5) is 21.3. The lowest BCUT2D eigenvalue weighted by Crippen LogP contribution is -2.50. The van der Waals surface area contributed by atoms with Gasteiger partial charge in [0.15, 0.2) is 0 Å². The number of nitrogens with one attached hydrogen (secondary N) is 1. The van der Waals surface area contributed by atoms with Crippen LogP contribution in [0.15, 0.2) is 48.8 Å². The fraction of sp³-hybridized carbons (Fsp3) is 0.455. The van der Waals surface area contributed by atoms with Gasteiger partial charge in [0.05, 0.1) is 0 Å².